The van der Waals surface area contributed by atoms with E-state index in [1.807, 2.05) is 0 Å². The molecule has 1 aliphatic rings. The number of hydrogen-bond acceptors (Lipinski definition) is 5. The average molecular weight is 319 g/mol. The molecule has 1 amide bonds. The lowest BCUT2D eigenvalue weighted by atomic mass is 9.93. The van der Waals surface area contributed by atoms with E-state index in [1.165, 1.54) is 6.20 Å². The molecule has 1 atom stereocenters. The summed E-state index contributed by atoms with van der Waals surface area (Å²) in [5, 5.41) is 17.4. The van der Waals surface area contributed by atoms with Crippen molar-refractivity contribution < 1.29 is 19.4 Å². The van der Waals surface area contributed by atoms with Crippen LogP contribution in [0, 0.1) is 0 Å². The van der Waals surface area contributed by atoms with Crippen LogP contribution < -0.4 is 10.1 Å². The molecule has 0 aliphatic carbocycles. The Kier molecular flexibility index (Phi) is 4.49. The Balaban J connectivity index is 1.67. The van der Waals surface area contributed by atoms with Crippen molar-refractivity contribution in [3.05, 3.63) is 30.1 Å². The van der Waals surface area contributed by atoms with Crippen molar-refractivity contribution >= 4 is 11.4 Å². The Hall–Kier alpha value is -2.12. The Labute approximate surface area is 134 Å². The van der Waals surface area contributed by atoms with Gasteiger partial charge in [-0.05, 0) is 31.4 Å². The number of nitrogens with one attached hydrogen (secondary N) is 1. The lowest BCUT2D eigenvalue weighted by molar-refractivity contribution is -0.0887. The van der Waals surface area contributed by atoms with E-state index < -0.39 is 5.60 Å². The lowest BCUT2D eigenvalue weighted by Gasteiger charge is -2.31. The first kappa shape index (κ1) is 15.8. The fourth-order valence-electron chi connectivity index (χ4n) is 2.88. The summed E-state index contributed by atoms with van der Waals surface area (Å²) < 4.78 is 12.2. The molecule has 1 aliphatic heterocycles. The van der Waals surface area contributed by atoms with Crippen molar-refractivity contribution in [1.29, 1.82) is 0 Å². The van der Waals surface area contributed by atoms with Gasteiger partial charge in [0.1, 0.15) is 11.3 Å². The molecule has 1 unspecified atom stereocenters. The third-order valence-electron chi connectivity index (χ3n) is 4.15. The molecule has 1 fully saturated rings. The molecule has 23 heavy (non-hydrogen) atoms. The molecule has 2 aromatic rings. The van der Waals surface area contributed by atoms with Gasteiger partial charge in [-0.1, -0.05) is 0 Å². The monoisotopic (exact) mass is 319 g/mol. The third-order valence-corrected chi connectivity index (χ3v) is 4.15. The predicted octanol–water partition coefficient (Wildman–Crippen LogP) is 1.00. The van der Waals surface area contributed by atoms with Crippen LogP contribution in [0.15, 0.2) is 24.5 Å². The summed E-state index contributed by atoms with van der Waals surface area (Å²) in [6.45, 7) is 1.40. The zero-order chi connectivity index (χ0) is 16.3. The molecule has 0 aromatic carbocycles. The zero-order valence-electron chi connectivity index (χ0n) is 13.1. The molecule has 7 heteroatoms. The largest absolute Gasteiger partial charge is 0.494 e. The quantitative estimate of drug-likeness (QED) is 0.859. The summed E-state index contributed by atoms with van der Waals surface area (Å²) in [5.41, 5.74) is 0.242. The van der Waals surface area contributed by atoms with Gasteiger partial charge in [0.05, 0.1) is 31.1 Å². The van der Waals surface area contributed by atoms with E-state index in [0.717, 1.165) is 6.42 Å². The smallest absolute Gasteiger partial charge is 0.255 e. The van der Waals surface area contributed by atoms with Crippen LogP contribution in [0.4, 0.5) is 0 Å². The molecule has 0 saturated carbocycles. The van der Waals surface area contributed by atoms with E-state index in [2.05, 4.69) is 10.4 Å². The maximum Gasteiger partial charge on any atom is 0.255 e. The molecule has 0 radical (unpaired) electrons. The number of nitrogens with zero attached hydrogens (tertiary/aromatic N) is 2. The molecule has 2 aromatic heterocycles. The Morgan fingerprint density at radius 1 is 1.61 bits per heavy atom. The molecule has 1 saturated heterocycles. The number of methoxy groups -OCH3 is 1. The molecule has 0 bridgehead atoms. The Morgan fingerprint density at radius 3 is 3.22 bits per heavy atom. The second kappa shape index (κ2) is 6.55. The minimum Gasteiger partial charge on any atom is -0.494 e. The molecule has 2 N–H and O–H groups in total. The van der Waals surface area contributed by atoms with Gasteiger partial charge in [-0.25, -0.2) is 4.52 Å². The van der Waals surface area contributed by atoms with E-state index in [4.69, 9.17) is 9.47 Å². The summed E-state index contributed by atoms with van der Waals surface area (Å²) >= 11 is 0. The summed E-state index contributed by atoms with van der Waals surface area (Å²) in [5.74, 6) is 0.360. The minimum atomic E-state index is -0.843. The molecule has 124 valence electrons. The van der Waals surface area contributed by atoms with Crippen molar-refractivity contribution in [1.82, 2.24) is 14.9 Å². The van der Waals surface area contributed by atoms with Gasteiger partial charge in [-0.3, -0.25) is 4.79 Å². The van der Waals surface area contributed by atoms with Crippen LogP contribution in [-0.4, -0.2) is 53.1 Å². The van der Waals surface area contributed by atoms with Crippen LogP contribution in [0.25, 0.3) is 5.52 Å². The summed E-state index contributed by atoms with van der Waals surface area (Å²) in [7, 11) is 1.56. The molecule has 3 rings (SSSR count). The van der Waals surface area contributed by atoms with Gasteiger partial charge < -0.3 is 19.9 Å². The fraction of sp³-hybridized carbons (Fsp3) is 0.500. The van der Waals surface area contributed by atoms with Crippen molar-refractivity contribution in [3.8, 4) is 5.75 Å². The number of carbonyl (C=O) groups is 1. The van der Waals surface area contributed by atoms with Crippen LogP contribution in [-0.2, 0) is 4.74 Å². The highest BCUT2D eigenvalue weighted by Gasteiger charge is 2.29. The highest BCUT2D eigenvalue weighted by atomic mass is 16.5. The van der Waals surface area contributed by atoms with Gasteiger partial charge in [0.2, 0.25) is 0 Å². The molecular formula is C16H21N3O4. The number of rotatable bonds is 5. The van der Waals surface area contributed by atoms with Gasteiger partial charge in [0.15, 0.2) is 0 Å². The molecular weight excluding hydrogens is 298 g/mol. The van der Waals surface area contributed by atoms with Crippen molar-refractivity contribution in [2.75, 3.05) is 26.9 Å². The van der Waals surface area contributed by atoms with Crippen LogP contribution in [0.5, 0.6) is 5.75 Å². The maximum atomic E-state index is 12.4. The van der Waals surface area contributed by atoms with E-state index in [0.29, 0.717) is 49.4 Å². The zero-order valence-corrected chi connectivity index (χ0v) is 13.1. The van der Waals surface area contributed by atoms with Gasteiger partial charge in [-0.2, -0.15) is 5.10 Å². The Morgan fingerprint density at radius 2 is 2.48 bits per heavy atom. The fourth-order valence-corrected chi connectivity index (χ4v) is 2.88. The molecule has 7 nitrogen and oxygen atoms in total. The van der Waals surface area contributed by atoms with Crippen molar-refractivity contribution in [3.63, 3.8) is 0 Å². The number of amides is 1. The second-order valence-electron chi connectivity index (χ2n) is 5.81. The number of hydrogen-bond donors (Lipinski definition) is 2. The molecule has 0 spiro atoms. The van der Waals surface area contributed by atoms with Crippen LogP contribution in [0.1, 0.15) is 29.6 Å². The van der Waals surface area contributed by atoms with E-state index in [1.54, 1.807) is 30.0 Å². The first-order valence-corrected chi connectivity index (χ1v) is 7.72. The third kappa shape index (κ3) is 3.30. The highest BCUT2D eigenvalue weighted by molar-refractivity contribution is 6.02. The van der Waals surface area contributed by atoms with Crippen molar-refractivity contribution in [2.24, 2.45) is 0 Å². The average Bonchev–Trinajstić information content (AvgIpc) is 2.99. The van der Waals surface area contributed by atoms with E-state index >= 15 is 0 Å². The standard InChI is InChI=1S/C16H21N3O4/c1-22-13-4-2-8-19-14(13)12(10-18-19)15(20)17-7-6-16(21)5-3-9-23-11-16/h2,4,8,10,21H,3,5-7,9,11H2,1H3,(H,17,20). The van der Waals surface area contributed by atoms with Crippen molar-refractivity contribution in [2.45, 2.75) is 24.9 Å². The highest BCUT2D eigenvalue weighted by Crippen LogP contribution is 2.24. The Bertz CT molecular complexity index is 692. The second-order valence-corrected chi connectivity index (χ2v) is 5.81. The van der Waals surface area contributed by atoms with Gasteiger partial charge in [0.25, 0.3) is 5.91 Å². The number of pyridine rings is 1. The summed E-state index contributed by atoms with van der Waals surface area (Å²) in [6.07, 6.45) is 5.29. The topological polar surface area (TPSA) is 85.1 Å². The SMILES string of the molecule is COc1cccn2ncc(C(=O)NCCC3(O)CCCOC3)c12. The summed E-state index contributed by atoms with van der Waals surface area (Å²) in [4.78, 5) is 12.4. The number of carbonyl (C=O) groups excluding carboxylic acids is 1. The number of ether oxygens (including phenoxy) is 2. The van der Waals surface area contributed by atoms with Crippen LogP contribution in [0.3, 0.4) is 0 Å². The summed E-state index contributed by atoms with van der Waals surface area (Å²) in [6, 6.07) is 3.59. The normalized spacial score (nSPS) is 21.3. The first-order valence-electron chi connectivity index (χ1n) is 7.72. The van der Waals surface area contributed by atoms with E-state index in [-0.39, 0.29) is 5.91 Å². The minimum absolute atomic E-state index is 0.232. The lowest BCUT2D eigenvalue weighted by Crippen LogP contribution is -2.41. The van der Waals surface area contributed by atoms with Gasteiger partial charge in [0, 0.05) is 19.3 Å². The maximum absolute atomic E-state index is 12.4. The first-order chi connectivity index (χ1) is 11.1. The number of aliphatic hydroxyl groups is 1. The van der Waals surface area contributed by atoms with Gasteiger partial charge in [-0.15, -0.1) is 0 Å². The van der Waals surface area contributed by atoms with Crippen LogP contribution >= 0.6 is 0 Å². The predicted molar refractivity (Wildman–Crippen MR) is 83.7 cm³/mol. The number of fused-ring (bicyclic) bond motifs is 1. The van der Waals surface area contributed by atoms with Crippen LogP contribution in [0.2, 0.25) is 0 Å². The number of aromatic nitrogens is 2. The molecule has 3 heterocycles. The van der Waals surface area contributed by atoms with E-state index in [9.17, 15) is 9.90 Å². The van der Waals surface area contributed by atoms with Gasteiger partial charge >= 0.3 is 0 Å².